The second-order valence-electron chi connectivity index (χ2n) is 6.42. The standard InChI is InChI=1S/C14H28N2/c1-12-6-4-9-16(13(12)2)11-14(3)7-5-8-15-10-14/h12-13,15H,4-11H2,1-3H3. The Morgan fingerprint density at radius 2 is 2.12 bits per heavy atom. The lowest BCUT2D eigenvalue weighted by atomic mass is 9.80. The van der Waals surface area contributed by atoms with E-state index < -0.39 is 0 Å². The highest BCUT2D eigenvalue weighted by molar-refractivity contribution is 4.88. The van der Waals surface area contributed by atoms with Crippen LogP contribution < -0.4 is 5.32 Å². The van der Waals surface area contributed by atoms with Crippen molar-refractivity contribution in [3.63, 3.8) is 0 Å². The Balaban J connectivity index is 1.92. The van der Waals surface area contributed by atoms with Crippen molar-refractivity contribution in [2.75, 3.05) is 26.2 Å². The summed E-state index contributed by atoms with van der Waals surface area (Å²) in [6, 6.07) is 0.785. The van der Waals surface area contributed by atoms with E-state index in [0.29, 0.717) is 5.41 Å². The van der Waals surface area contributed by atoms with Crippen molar-refractivity contribution in [2.24, 2.45) is 11.3 Å². The first-order valence-corrected chi connectivity index (χ1v) is 7.05. The fourth-order valence-corrected chi connectivity index (χ4v) is 3.39. The highest BCUT2D eigenvalue weighted by Crippen LogP contribution is 2.31. The monoisotopic (exact) mass is 224 g/mol. The molecule has 0 saturated carbocycles. The summed E-state index contributed by atoms with van der Waals surface area (Å²) in [5, 5.41) is 3.56. The van der Waals surface area contributed by atoms with Crippen LogP contribution in [-0.4, -0.2) is 37.1 Å². The quantitative estimate of drug-likeness (QED) is 0.775. The topological polar surface area (TPSA) is 15.3 Å². The van der Waals surface area contributed by atoms with Gasteiger partial charge in [0, 0.05) is 19.1 Å². The van der Waals surface area contributed by atoms with Crippen molar-refractivity contribution < 1.29 is 0 Å². The van der Waals surface area contributed by atoms with Crippen LogP contribution in [0.5, 0.6) is 0 Å². The Labute approximate surface area is 101 Å². The third kappa shape index (κ3) is 2.78. The Hall–Kier alpha value is -0.0800. The molecule has 3 unspecified atom stereocenters. The molecule has 2 nitrogen and oxygen atoms in total. The Morgan fingerprint density at radius 3 is 2.81 bits per heavy atom. The van der Waals surface area contributed by atoms with Gasteiger partial charge in [-0.1, -0.05) is 13.8 Å². The van der Waals surface area contributed by atoms with Gasteiger partial charge < -0.3 is 5.32 Å². The number of likely N-dealkylation sites (tertiary alicyclic amines) is 1. The molecule has 94 valence electrons. The Morgan fingerprint density at radius 1 is 1.31 bits per heavy atom. The maximum Gasteiger partial charge on any atom is 0.00928 e. The lowest BCUT2D eigenvalue weighted by Gasteiger charge is -2.44. The molecular weight excluding hydrogens is 196 g/mol. The van der Waals surface area contributed by atoms with E-state index in [4.69, 9.17) is 0 Å². The molecule has 2 aliphatic heterocycles. The SMILES string of the molecule is CC1CCCN(CC2(C)CCCNC2)C1C. The van der Waals surface area contributed by atoms with Crippen LogP contribution in [0.15, 0.2) is 0 Å². The van der Waals surface area contributed by atoms with Crippen molar-refractivity contribution in [1.82, 2.24) is 10.2 Å². The van der Waals surface area contributed by atoms with Crippen LogP contribution in [0.25, 0.3) is 0 Å². The molecule has 2 heterocycles. The number of piperidine rings is 2. The van der Waals surface area contributed by atoms with Crippen LogP contribution in [0.4, 0.5) is 0 Å². The molecule has 0 amide bonds. The van der Waals surface area contributed by atoms with Gasteiger partial charge in [0.2, 0.25) is 0 Å². The van der Waals surface area contributed by atoms with E-state index in [1.54, 1.807) is 0 Å². The zero-order valence-corrected chi connectivity index (χ0v) is 11.3. The van der Waals surface area contributed by atoms with Crippen molar-refractivity contribution in [2.45, 2.75) is 52.5 Å². The number of rotatable bonds is 2. The van der Waals surface area contributed by atoms with Crippen LogP contribution >= 0.6 is 0 Å². The van der Waals surface area contributed by atoms with Gasteiger partial charge in [-0.05, 0) is 57.0 Å². The average Bonchev–Trinajstić information content (AvgIpc) is 2.26. The number of hydrogen-bond acceptors (Lipinski definition) is 2. The molecule has 1 N–H and O–H groups in total. The highest BCUT2D eigenvalue weighted by atomic mass is 15.2. The Bertz CT molecular complexity index is 221. The molecule has 3 atom stereocenters. The lowest BCUT2D eigenvalue weighted by Crippen LogP contribution is -2.51. The molecular formula is C14H28N2. The zero-order valence-electron chi connectivity index (χ0n) is 11.3. The molecule has 2 heteroatoms. The van der Waals surface area contributed by atoms with E-state index in [9.17, 15) is 0 Å². The van der Waals surface area contributed by atoms with E-state index in [-0.39, 0.29) is 0 Å². The smallest absolute Gasteiger partial charge is 0.00928 e. The van der Waals surface area contributed by atoms with E-state index in [2.05, 4.69) is 31.0 Å². The molecule has 0 bridgehead atoms. The van der Waals surface area contributed by atoms with Gasteiger partial charge in [-0.25, -0.2) is 0 Å². The summed E-state index contributed by atoms with van der Waals surface area (Å²) in [5.74, 6) is 0.883. The van der Waals surface area contributed by atoms with Gasteiger partial charge in [-0.3, -0.25) is 4.90 Å². The second kappa shape index (κ2) is 5.05. The predicted molar refractivity (Wildman–Crippen MR) is 69.6 cm³/mol. The third-order valence-electron chi connectivity index (χ3n) is 4.77. The van der Waals surface area contributed by atoms with Gasteiger partial charge >= 0.3 is 0 Å². The minimum absolute atomic E-state index is 0.517. The predicted octanol–water partition coefficient (Wildman–Crippen LogP) is 2.50. The fraction of sp³-hybridized carbons (Fsp3) is 1.00. The summed E-state index contributed by atoms with van der Waals surface area (Å²) in [6.07, 6.45) is 5.58. The molecule has 0 aromatic carbocycles. The lowest BCUT2D eigenvalue weighted by molar-refractivity contribution is 0.0549. The molecule has 0 aliphatic carbocycles. The van der Waals surface area contributed by atoms with Gasteiger partial charge in [-0.15, -0.1) is 0 Å². The first-order chi connectivity index (χ1) is 7.61. The Kier molecular flexibility index (Phi) is 3.91. The average molecular weight is 224 g/mol. The zero-order chi connectivity index (χ0) is 11.6. The maximum absolute atomic E-state index is 3.56. The first kappa shape index (κ1) is 12.4. The number of nitrogens with zero attached hydrogens (tertiary/aromatic N) is 1. The third-order valence-corrected chi connectivity index (χ3v) is 4.77. The molecule has 2 aliphatic rings. The van der Waals surface area contributed by atoms with Gasteiger partial charge in [0.05, 0.1) is 0 Å². The minimum atomic E-state index is 0.517. The van der Waals surface area contributed by atoms with Gasteiger partial charge in [0.25, 0.3) is 0 Å². The second-order valence-corrected chi connectivity index (χ2v) is 6.42. The van der Waals surface area contributed by atoms with Crippen LogP contribution in [0, 0.1) is 11.3 Å². The van der Waals surface area contributed by atoms with Crippen LogP contribution in [0.2, 0.25) is 0 Å². The van der Waals surface area contributed by atoms with Crippen molar-refractivity contribution >= 4 is 0 Å². The number of nitrogens with one attached hydrogen (secondary N) is 1. The van der Waals surface area contributed by atoms with E-state index in [1.165, 1.54) is 51.9 Å². The van der Waals surface area contributed by atoms with Crippen molar-refractivity contribution in [3.8, 4) is 0 Å². The normalized spacial score (nSPS) is 42.2. The van der Waals surface area contributed by atoms with Crippen LogP contribution in [0.1, 0.15) is 46.5 Å². The highest BCUT2D eigenvalue weighted by Gasteiger charge is 2.33. The summed E-state index contributed by atoms with van der Waals surface area (Å²) in [5.41, 5.74) is 0.517. The fourth-order valence-electron chi connectivity index (χ4n) is 3.39. The van der Waals surface area contributed by atoms with E-state index >= 15 is 0 Å². The summed E-state index contributed by atoms with van der Waals surface area (Å²) in [4.78, 5) is 2.74. The first-order valence-electron chi connectivity index (χ1n) is 7.05. The van der Waals surface area contributed by atoms with Gasteiger partial charge in [0.15, 0.2) is 0 Å². The van der Waals surface area contributed by atoms with Crippen LogP contribution in [-0.2, 0) is 0 Å². The molecule has 0 aromatic rings. The maximum atomic E-state index is 3.56. The van der Waals surface area contributed by atoms with Crippen LogP contribution in [0.3, 0.4) is 0 Å². The number of hydrogen-bond donors (Lipinski definition) is 1. The van der Waals surface area contributed by atoms with E-state index in [0.717, 1.165) is 12.0 Å². The molecule has 0 aromatic heterocycles. The molecule has 2 saturated heterocycles. The molecule has 0 radical (unpaired) electrons. The van der Waals surface area contributed by atoms with Crippen molar-refractivity contribution in [1.29, 1.82) is 0 Å². The molecule has 2 rings (SSSR count). The van der Waals surface area contributed by atoms with E-state index in [1.807, 2.05) is 0 Å². The van der Waals surface area contributed by atoms with Crippen molar-refractivity contribution in [3.05, 3.63) is 0 Å². The van der Waals surface area contributed by atoms with Gasteiger partial charge in [-0.2, -0.15) is 0 Å². The summed E-state index contributed by atoms with van der Waals surface area (Å²) >= 11 is 0. The summed E-state index contributed by atoms with van der Waals surface area (Å²) in [7, 11) is 0. The largest absolute Gasteiger partial charge is 0.316 e. The minimum Gasteiger partial charge on any atom is -0.316 e. The summed E-state index contributed by atoms with van der Waals surface area (Å²) in [6.45, 7) is 12.4. The summed E-state index contributed by atoms with van der Waals surface area (Å²) < 4.78 is 0. The molecule has 16 heavy (non-hydrogen) atoms. The molecule has 2 fully saturated rings. The molecule has 0 spiro atoms. The van der Waals surface area contributed by atoms with Gasteiger partial charge in [0.1, 0.15) is 0 Å².